The summed E-state index contributed by atoms with van der Waals surface area (Å²) in [5.74, 6) is 1.60. The predicted molar refractivity (Wildman–Crippen MR) is 86.6 cm³/mol. The molecule has 0 aromatic heterocycles. The third-order valence-corrected chi connectivity index (χ3v) is 7.17. The number of nitrogens with zero attached hydrogens (tertiary/aromatic N) is 1. The Morgan fingerprint density at radius 1 is 1.27 bits per heavy atom. The number of thioether (sulfide) groups is 1. The second-order valence-electron chi connectivity index (χ2n) is 5.42. The summed E-state index contributed by atoms with van der Waals surface area (Å²) >= 11 is 1.36. The van der Waals surface area contributed by atoms with Crippen LogP contribution in [0.4, 0.5) is 0 Å². The Morgan fingerprint density at radius 3 is 2.68 bits per heavy atom. The third kappa shape index (κ3) is 2.77. The van der Waals surface area contributed by atoms with E-state index in [1.165, 1.54) is 11.8 Å². The zero-order chi connectivity index (χ0) is 15.9. The molecule has 0 amide bonds. The summed E-state index contributed by atoms with van der Waals surface area (Å²) in [5, 5.41) is 8.53. The Hall–Kier alpha value is -1.41. The molecule has 2 saturated heterocycles. The number of methoxy groups -OCH3 is 2. The van der Waals surface area contributed by atoms with Crippen LogP contribution in [0.15, 0.2) is 18.2 Å². The lowest BCUT2D eigenvalue weighted by molar-refractivity contribution is 0.341. The van der Waals surface area contributed by atoms with Crippen LogP contribution < -0.4 is 9.47 Å². The average Bonchev–Trinajstić information content (AvgIpc) is 2.91. The topological polar surface area (TPSA) is 79.7 Å². The monoisotopic (exact) mass is 342 g/mol. The summed E-state index contributed by atoms with van der Waals surface area (Å²) in [6.45, 7) is 0.503. The predicted octanol–water partition coefficient (Wildman–Crippen LogP) is 1.35. The molecule has 1 aromatic rings. The van der Waals surface area contributed by atoms with E-state index in [1.54, 1.807) is 14.2 Å². The number of sulfone groups is 1. The van der Waals surface area contributed by atoms with E-state index in [1.807, 2.05) is 23.1 Å². The Bertz CT molecular complexity index is 705. The standard InChI is InChI=1S/C14H18N2O4S2/c1-19-11-4-3-9(5-12(11)20-2)6-16-10-7-22(17,18)8-13(10)21-14(16)15/h3-5,10,13,15H,6-8H2,1-2H3/t10-,13+/m0/s1. The Balaban J connectivity index is 1.82. The number of fused-ring (bicyclic) bond motifs is 1. The zero-order valence-corrected chi connectivity index (χ0v) is 14.0. The fourth-order valence-corrected chi connectivity index (χ4v) is 6.76. The smallest absolute Gasteiger partial charge is 0.161 e. The maximum absolute atomic E-state index is 11.8. The Kier molecular flexibility index (Phi) is 3.98. The number of hydrogen-bond donors (Lipinski definition) is 1. The second-order valence-corrected chi connectivity index (χ2v) is 8.80. The number of benzene rings is 1. The van der Waals surface area contributed by atoms with Gasteiger partial charge in [0.1, 0.15) is 0 Å². The molecule has 22 heavy (non-hydrogen) atoms. The van der Waals surface area contributed by atoms with Gasteiger partial charge in [0.25, 0.3) is 0 Å². The maximum atomic E-state index is 11.8. The highest BCUT2D eigenvalue weighted by Crippen LogP contribution is 2.38. The van der Waals surface area contributed by atoms with Crippen LogP contribution in [-0.2, 0) is 16.4 Å². The molecule has 1 N–H and O–H groups in total. The Labute approximate surface area is 134 Å². The molecule has 3 rings (SSSR count). The molecule has 1 aromatic carbocycles. The van der Waals surface area contributed by atoms with Gasteiger partial charge in [0.2, 0.25) is 0 Å². The van der Waals surface area contributed by atoms with Crippen LogP contribution in [0, 0.1) is 5.41 Å². The largest absolute Gasteiger partial charge is 0.493 e. The van der Waals surface area contributed by atoms with Gasteiger partial charge >= 0.3 is 0 Å². The molecule has 6 nitrogen and oxygen atoms in total. The van der Waals surface area contributed by atoms with E-state index in [0.717, 1.165) is 5.56 Å². The van der Waals surface area contributed by atoms with Gasteiger partial charge in [-0.05, 0) is 17.7 Å². The number of amidine groups is 1. The van der Waals surface area contributed by atoms with Crippen LogP contribution in [0.1, 0.15) is 5.56 Å². The van der Waals surface area contributed by atoms with Gasteiger partial charge in [-0.1, -0.05) is 17.8 Å². The van der Waals surface area contributed by atoms with Gasteiger partial charge in [-0.15, -0.1) is 0 Å². The van der Waals surface area contributed by atoms with Crippen molar-refractivity contribution in [2.24, 2.45) is 0 Å². The first-order valence-corrected chi connectivity index (χ1v) is 9.57. The average molecular weight is 342 g/mol. The summed E-state index contributed by atoms with van der Waals surface area (Å²) in [7, 11) is 0.178. The highest BCUT2D eigenvalue weighted by molar-refractivity contribution is 8.15. The normalized spacial score (nSPS) is 26.1. The Morgan fingerprint density at radius 2 is 2.00 bits per heavy atom. The van der Waals surface area contributed by atoms with Gasteiger partial charge in [-0.25, -0.2) is 8.42 Å². The molecule has 0 bridgehead atoms. The van der Waals surface area contributed by atoms with Gasteiger partial charge in [0.05, 0.1) is 31.8 Å². The molecule has 2 heterocycles. The van der Waals surface area contributed by atoms with Crippen molar-refractivity contribution < 1.29 is 17.9 Å². The molecule has 0 radical (unpaired) electrons. The molecule has 8 heteroatoms. The van der Waals surface area contributed by atoms with E-state index in [-0.39, 0.29) is 22.8 Å². The fraction of sp³-hybridized carbons (Fsp3) is 0.500. The van der Waals surface area contributed by atoms with E-state index in [9.17, 15) is 8.42 Å². The minimum absolute atomic E-state index is 0.0161. The van der Waals surface area contributed by atoms with Crippen LogP contribution in [0.25, 0.3) is 0 Å². The molecule has 0 aliphatic carbocycles. The van der Waals surface area contributed by atoms with Crippen LogP contribution in [0.3, 0.4) is 0 Å². The lowest BCUT2D eigenvalue weighted by Crippen LogP contribution is -2.36. The van der Waals surface area contributed by atoms with E-state index in [0.29, 0.717) is 23.2 Å². The first-order valence-electron chi connectivity index (χ1n) is 6.86. The zero-order valence-electron chi connectivity index (χ0n) is 12.4. The maximum Gasteiger partial charge on any atom is 0.161 e. The first-order chi connectivity index (χ1) is 10.4. The number of nitrogens with one attached hydrogen (secondary N) is 1. The number of rotatable bonds is 4. The molecule has 120 valence electrons. The van der Waals surface area contributed by atoms with Gasteiger partial charge in [-0.3, -0.25) is 5.41 Å². The number of ether oxygens (including phenoxy) is 2. The minimum Gasteiger partial charge on any atom is -0.493 e. The van der Waals surface area contributed by atoms with E-state index >= 15 is 0 Å². The molecular formula is C14H18N2O4S2. The van der Waals surface area contributed by atoms with Crippen molar-refractivity contribution in [2.45, 2.75) is 17.8 Å². The van der Waals surface area contributed by atoms with Gasteiger partial charge < -0.3 is 14.4 Å². The molecule has 2 aliphatic rings. The van der Waals surface area contributed by atoms with Crippen LogP contribution in [0.5, 0.6) is 11.5 Å². The molecule has 0 saturated carbocycles. The molecule has 0 unspecified atom stereocenters. The molecule has 0 spiro atoms. The van der Waals surface area contributed by atoms with Crippen molar-refractivity contribution in [1.82, 2.24) is 4.90 Å². The first kappa shape index (κ1) is 15.5. The van der Waals surface area contributed by atoms with Gasteiger partial charge in [0, 0.05) is 11.8 Å². The van der Waals surface area contributed by atoms with Crippen molar-refractivity contribution in [1.29, 1.82) is 5.41 Å². The van der Waals surface area contributed by atoms with Crippen molar-refractivity contribution in [2.75, 3.05) is 25.7 Å². The molecule has 2 fully saturated rings. The van der Waals surface area contributed by atoms with Crippen LogP contribution >= 0.6 is 11.8 Å². The van der Waals surface area contributed by atoms with Crippen molar-refractivity contribution >= 4 is 26.8 Å². The lowest BCUT2D eigenvalue weighted by atomic mass is 10.1. The number of hydrogen-bond acceptors (Lipinski definition) is 6. The van der Waals surface area contributed by atoms with Crippen molar-refractivity contribution in [3.8, 4) is 11.5 Å². The summed E-state index contributed by atoms with van der Waals surface area (Å²) in [5.41, 5.74) is 0.966. The van der Waals surface area contributed by atoms with E-state index in [2.05, 4.69) is 0 Å². The van der Waals surface area contributed by atoms with E-state index < -0.39 is 9.84 Å². The van der Waals surface area contributed by atoms with Crippen molar-refractivity contribution in [3.63, 3.8) is 0 Å². The van der Waals surface area contributed by atoms with Crippen LogP contribution in [0.2, 0.25) is 0 Å². The molecule has 2 atom stereocenters. The highest BCUT2D eigenvalue weighted by atomic mass is 32.2. The van der Waals surface area contributed by atoms with Crippen molar-refractivity contribution in [3.05, 3.63) is 23.8 Å². The summed E-state index contributed by atoms with van der Waals surface area (Å²) in [4.78, 5) is 1.88. The van der Waals surface area contributed by atoms with Gasteiger partial charge in [-0.2, -0.15) is 0 Å². The van der Waals surface area contributed by atoms with Crippen LogP contribution in [-0.4, -0.2) is 55.5 Å². The second kappa shape index (κ2) is 5.66. The minimum atomic E-state index is -2.98. The molecule has 2 aliphatic heterocycles. The fourth-order valence-electron chi connectivity index (χ4n) is 2.93. The SMILES string of the molecule is COc1ccc(CN2C(=N)S[C@@H]3CS(=O)(=O)C[C@@H]32)cc1OC. The lowest BCUT2D eigenvalue weighted by Gasteiger charge is -2.24. The van der Waals surface area contributed by atoms with E-state index in [4.69, 9.17) is 14.9 Å². The molecular weight excluding hydrogens is 324 g/mol. The quantitative estimate of drug-likeness (QED) is 0.890. The third-order valence-electron chi connectivity index (χ3n) is 4.00. The summed E-state index contributed by atoms with van der Waals surface area (Å²) in [6, 6.07) is 5.50. The van der Waals surface area contributed by atoms with Gasteiger partial charge in [0.15, 0.2) is 26.5 Å². The highest BCUT2D eigenvalue weighted by Gasteiger charge is 2.47. The summed E-state index contributed by atoms with van der Waals surface area (Å²) in [6.07, 6.45) is 0. The summed E-state index contributed by atoms with van der Waals surface area (Å²) < 4.78 is 34.1.